The van der Waals surface area contributed by atoms with Crippen LogP contribution in [0.2, 0.25) is 0 Å². The number of aromatic nitrogens is 2. The highest BCUT2D eigenvalue weighted by Crippen LogP contribution is 2.41. The number of benzene rings is 1. The molecule has 0 spiro atoms. The van der Waals surface area contributed by atoms with Gasteiger partial charge in [0.05, 0.1) is 18.0 Å². The van der Waals surface area contributed by atoms with Crippen LogP contribution in [-0.4, -0.2) is 28.2 Å². The number of amides is 1. The molecule has 28 heavy (non-hydrogen) atoms. The number of methoxy groups -OCH3 is 1. The molecule has 0 aliphatic heterocycles. The lowest BCUT2D eigenvalue weighted by Crippen LogP contribution is -2.23. The average Bonchev–Trinajstić information content (AvgIpc) is 3.22. The number of ether oxygens (including phenoxy) is 1. The maximum absolute atomic E-state index is 12.9. The van der Waals surface area contributed by atoms with E-state index in [4.69, 9.17) is 4.74 Å². The van der Waals surface area contributed by atoms with Crippen molar-refractivity contribution in [3.63, 3.8) is 0 Å². The van der Waals surface area contributed by atoms with Gasteiger partial charge in [-0.3, -0.25) is 4.79 Å². The molecule has 0 bridgehead atoms. The van der Waals surface area contributed by atoms with E-state index in [0.717, 1.165) is 39.5 Å². The number of thiophene rings is 1. The lowest BCUT2D eigenvalue weighted by Gasteiger charge is -2.15. The van der Waals surface area contributed by atoms with Crippen molar-refractivity contribution in [1.82, 2.24) is 9.97 Å². The molecule has 7 heteroatoms. The SMILES string of the molecule is COc1ccc(C)cc1NC(=O)[C@H](C)Sc1nc(C)nc2sc3c(c12)CCC3. The van der Waals surface area contributed by atoms with Gasteiger partial charge in [0, 0.05) is 10.3 Å². The lowest BCUT2D eigenvalue weighted by molar-refractivity contribution is -0.115. The van der Waals surface area contributed by atoms with Crippen LogP contribution in [0.5, 0.6) is 5.75 Å². The van der Waals surface area contributed by atoms with E-state index in [1.807, 2.05) is 39.0 Å². The molecule has 2 heterocycles. The first-order valence-electron chi connectivity index (χ1n) is 9.37. The van der Waals surface area contributed by atoms with Gasteiger partial charge in [0.1, 0.15) is 21.4 Å². The third kappa shape index (κ3) is 3.61. The van der Waals surface area contributed by atoms with Crippen LogP contribution in [0, 0.1) is 13.8 Å². The molecule has 1 N–H and O–H groups in total. The minimum atomic E-state index is -0.292. The number of aryl methyl sites for hydroxylation is 4. The summed E-state index contributed by atoms with van der Waals surface area (Å²) in [6.07, 6.45) is 3.40. The molecule has 1 aliphatic carbocycles. The van der Waals surface area contributed by atoms with E-state index in [1.54, 1.807) is 18.4 Å². The van der Waals surface area contributed by atoms with Crippen molar-refractivity contribution in [2.75, 3.05) is 12.4 Å². The van der Waals surface area contributed by atoms with Gasteiger partial charge in [0.25, 0.3) is 0 Å². The van der Waals surface area contributed by atoms with Crippen molar-refractivity contribution in [3.05, 3.63) is 40.0 Å². The number of anilines is 1. The van der Waals surface area contributed by atoms with E-state index >= 15 is 0 Å². The fourth-order valence-electron chi connectivity index (χ4n) is 3.52. The number of nitrogens with one attached hydrogen (secondary N) is 1. The van der Waals surface area contributed by atoms with Gasteiger partial charge in [-0.05, 0) is 63.3 Å². The van der Waals surface area contributed by atoms with Crippen LogP contribution < -0.4 is 10.1 Å². The number of rotatable bonds is 5. The summed E-state index contributed by atoms with van der Waals surface area (Å²) in [4.78, 5) is 24.6. The summed E-state index contributed by atoms with van der Waals surface area (Å²) in [5.74, 6) is 1.35. The fourth-order valence-corrected chi connectivity index (χ4v) is 5.92. The lowest BCUT2D eigenvalue weighted by atomic mass is 10.2. The third-order valence-electron chi connectivity index (χ3n) is 4.91. The number of carbonyl (C=O) groups is 1. The van der Waals surface area contributed by atoms with Crippen molar-refractivity contribution in [2.45, 2.75) is 50.3 Å². The summed E-state index contributed by atoms with van der Waals surface area (Å²) in [5, 5.41) is 4.78. The summed E-state index contributed by atoms with van der Waals surface area (Å²) in [7, 11) is 1.61. The molecule has 146 valence electrons. The third-order valence-corrected chi connectivity index (χ3v) is 7.19. The standard InChI is InChI=1S/C21H23N3O2S2/c1-11-8-9-16(26-4)15(10-11)24-19(25)12(2)27-20-18-14-6-5-7-17(14)28-21(18)23-13(3)22-20/h8-10,12H,5-7H2,1-4H3,(H,24,25)/t12-/m0/s1. The second kappa shape index (κ2) is 7.72. The Balaban J connectivity index is 1.59. The van der Waals surface area contributed by atoms with Gasteiger partial charge in [-0.15, -0.1) is 11.3 Å². The van der Waals surface area contributed by atoms with Crippen LogP contribution in [-0.2, 0) is 17.6 Å². The summed E-state index contributed by atoms with van der Waals surface area (Å²) >= 11 is 3.28. The van der Waals surface area contributed by atoms with Crippen LogP contribution in [0.25, 0.3) is 10.2 Å². The Bertz CT molecular complexity index is 1060. The highest BCUT2D eigenvalue weighted by atomic mass is 32.2. The average molecular weight is 414 g/mol. The second-order valence-corrected chi connectivity index (χ2v) is 9.48. The highest BCUT2D eigenvalue weighted by molar-refractivity contribution is 8.00. The van der Waals surface area contributed by atoms with Gasteiger partial charge < -0.3 is 10.1 Å². The molecule has 1 aromatic carbocycles. The van der Waals surface area contributed by atoms with E-state index in [1.165, 1.54) is 28.6 Å². The largest absolute Gasteiger partial charge is 0.495 e. The maximum Gasteiger partial charge on any atom is 0.237 e. The summed E-state index contributed by atoms with van der Waals surface area (Å²) in [6, 6.07) is 5.76. The quantitative estimate of drug-likeness (QED) is 0.475. The Morgan fingerprint density at radius 2 is 2.11 bits per heavy atom. The van der Waals surface area contributed by atoms with Crippen LogP contribution in [0.15, 0.2) is 23.2 Å². The number of thioether (sulfide) groups is 1. The van der Waals surface area contributed by atoms with Crippen molar-refractivity contribution in [1.29, 1.82) is 0 Å². The van der Waals surface area contributed by atoms with E-state index in [2.05, 4.69) is 15.3 Å². The number of hydrogen-bond donors (Lipinski definition) is 1. The molecule has 0 radical (unpaired) electrons. The van der Waals surface area contributed by atoms with Gasteiger partial charge in [-0.2, -0.15) is 0 Å². The number of carbonyl (C=O) groups excluding carboxylic acids is 1. The maximum atomic E-state index is 12.9. The predicted octanol–water partition coefficient (Wildman–Crippen LogP) is 4.92. The first-order chi connectivity index (χ1) is 13.5. The van der Waals surface area contributed by atoms with Crippen LogP contribution in [0.1, 0.15) is 35.2 Å². The van der Waals surface area contributed by atoms with Gasteiger partial charge in [0.2, 0.25) is 5.91 Å². The summed E-state index contributed by atoms with van der Waals surface area (Å²) in [5.41, 5.74) is 3.15. The van der Waals surface area contributed by atoms with Gasteiger partial charge >= 0.3 is 0 Å². The van der Waals surface area contributed by atoms with E-state index < -0.39 is 0 Å². The van der Waals surface area contributed by atoms with Crippen molar-refractivity contribution in [3.8, 4) is 5.75 Å². The zero-order chi connectivity index (χ0) is 19.8. The second-order valence-electron chi connectivity index (χ2n) is 7.07. The summed E-state index contributed by atoms with van der Waals surface area (Å²) < 4.78 is 5.37. The molecular formula is C21H23N3O2S2. The first kappa shape index (κ1) is 19.2. The Labute approximate surface area is 172 Å². The van der Waals surface area contributed by atoms with Crippen LogP contribution in [0.3, 0.4) is 0 Å². The van der Waals surface area contributed by atoms with Crippen LogP contribution in [0.4, 0.5) is 5.69 Å². The van der Waals surface area contributed by atoms with Crippen molar-refractivity contribution < 1.29 is 9.53 Å². The molecular weight excluding hydrogens is 390 g/mol. The minimum Gasteiger partial charge on any atom is -0.495 e. The van der Waals surface area contributed by atoms with Crippen LogP contribution >= 0.6 is 23.1 Å². The highest BCUT2D eigenvalue weighted by Gasteiger charge is 2.25. The zero-order valence-corrected chi connectivity index (χ0v) is 18.1. The molecule has 0 saturated heterocycles. The Morgan fingerprint density at radius 3 is 2.89 bits per heavy atom. The van der Waals surface area contributed by atoms with E-state index in [-0.39, 0.29) is 11.2 Å². The Morgan fingerprint density at radius 1 is 1.29 bits per heavy atom. The topological polar surface area (TPSA) is 64.1 Å². The number of hydrogen-bond acceptors (Lipinski definition) is 6. The minimum absolute atomic E-state index is 0.0646. The molecule has 5 nitrogen and oxygen atoms in total. The molecule has 0 fully saturated rings. The Hall–Kier alpha value is -2.12. The zero-order valence-electron chi connectivity index (χ0n) is 16.5. The first-order valence-corrected chi connectivity index (χ1v) is 11.1. The Kier molecular flexibility index (Phi) is 5.29. The smallest absolute Gasteiger partial charge is 0.237 e. The molecule has 1 amide bonds. The normalized spacial score (nSPS) is 14.1. The van der Waals surface area contributed by atoms with Gasteiger partial charge in [-0.1, -0.05) is 17.8 Å². The summed E-state index contributed by atoms with van der Waals surface area (Å²) in [6.45, 7) is 5.82. The molecule has 2 aromatic heterocycles. The molecule has 0 saturated carbocycles. The molecule has 1 atom stereocenters. The number of nitrogens with zero attached hydrogens (tertiary/aromatic N) is 2. The molecule has 1 aliphatic rings. The van der Waals surface area contributed by atoms with E-state index in [0.29, 0.717) is 11.4 Å². The molecule has 3 aromatic rings. The van der Waals surface area contributed by atoms with Crippen molar-refractivity contribution >= 4 is 44.9 Å². The number of fused-ring (bicyclic) bond motifs is 3. The van der Waals surface area contributed by atoms with E-state index in [9.17, 15) is 4.79 Å². The molecule has 4 rings (SSSR count). The predicted molar refractivity (Wildman–Crippen MR) is 116 cm³/mol. The fraction of sp³-hybridized carbons (Fsp3) is 0.381. The van der Waals surface area contributed by atoms with Gasteiger partial charge in [-0.25, -0.2) is 9.97 Å². The monoisotopic (exact) mass is 413 g/mol. The molecule has 0 unspecified atom stereocenters. The van der Waals surface area contributed by atoms with Gasteiger partial charge in [0.15, 0.2) is 0 Å². The van der Waals surface area contributed by atoms with Crippen molar-refractivity contribution in [2.24, 2.45) is 0 Å².